The number of morpholine rings is 1. The maximum Gasteiger partial charge on any atom is 0.251 e. The largest absolute Gasteiger partial charge is 0.379 e. The van der Waals surface area contributed by atoms with E-state index in [1.54, 1.807) is 0 Å². The van der Waals surface area contributed by atoms with Crippen LogP contribution in [0, 0.1) is 11.8 Å². The fourth-order valence-corrected chi connectivity index (χ4v) is 8.60. The second kappa shape index (κ2) is 9.68. The van der Waals surface area contributed by atoms with Crippen LogP contribution in [0.3, 0.4) is 0 Å². The minimum Gasteiger partial charge on any atom is -0.379 e. The Morgan fingerprint density at radius 2 is 1.77 bits per heavy atom. The number of nitrogens with one attached hydrogen (secondary N) is 1. The van der Waals surface area contributed by atoms with Crippen LogP contribution in [0.5, 0.6) is 0 Å². The predicted octanol–water partition coefficient (Wildman–Crippen LogP) is 3.99. The summed E-state index contributed by atoms with van der Waals surface area (Å²) in [6, 6.07) is 3.41. The van der Waals surface area contributed by atoms with Gasteiger partial charge in [-0.1, -0.05) is 11.6 Å². The number of hydrogen-bond donors (Lipinski definition) is 1. The highest BCUT2D eigenvalue weighted by atomic mass is 35.5. The molecule has 4 fully saturated rings. The van der Waals surface area contributed by atoms with Gasteiger partial charge in [-0.05, 0) is 49.3 Å². The molecular formula is C24H28ClF3N2O4S. The molecule has 1 aromatic carbocycles. The highest BCUT2D eigenvalue weighted by Gasteiger charge is 2.53. The van der Waals surface area contributed by atoms with Gasteiger partial charge in [0.2, 0.25) is 0 Å². The quantitative estimate of drug-likeness (QED) is 0.620. The van der Waals surface area contributed by atoms with Crippen molar-refractivity contribution in [2.75, 3.05) is 26.3 Å². The van der Waals surface area contributed by atoms with Gasteiger partial charge < -0.3 is 10.1 Å². The van der Waals surface area contributed by atoms with Crippen LogP contribution < -0.4 is 5.32 Å². The lowest BCUT2D eigenvalue weighted by molar-refractivity contribution is -0.0781. The number of amides is 1. The number of ether oxygens (including phenoxy) is 1. The second-order valence-corrected chi connectivity index (χ2v) is 12.6. The van der Waals surface area contributed by atoms with Crippen molar-refractivity contribution in [3.8, 4) is 0 Å². The third kappa shape index (κ3) is 4.74. The molecule has 35 heavy (non-hydrogen) atoms. The second-order valence-electron chi connectivity index (χ2n) is 10.0. The third-order valence-electron chi connectivity index (χ3n) is 7.90. The van der Waals surface area contributed by atoms with Crippen LogP contribution in [-0.2, 0) is 14.6 Å². The molecule has 1 aliphatic heterocycles. The molecule has 2 bridgehead atoms. The molecule has 3 saturated carbocycles. The van der Waals surface area contributed by atoms with Crippen molar-refractivity contribution in [3.05, 3.63) is 40.4 Å². The predicted molar refractivity (Wildman–Crippen MR) is 124 cm³/mol. The first-order valence-electron chi connectivity index (χ1n) is 12.0. The van der Waals surface area contributed by atoms with E-state index in [0.29, 0.717) is 43.9 Å². The van der Waals surface area contributed by atoms with E-state index in [0.717, 1.165) is 19.5 Å². The van der Waals surface area contributed by atoms with Crippen molar-refractivity contribution < 1.29 is 31.1 Å². The molecule has 5 aliphatic rings. The van der Waals surface area contributed by atoms with Crippen LogP contribution in [0.2, 0.25) is 5.02 Å². The van der Waals surface area contributed by atoms with E-state index in [1.165, 1.54) is 18.2 Å². The average Bonchev–Trinajstić information content (AvgIpc) is 2.83. The zero-order valence-corrected chi connectivity index (χ0v) is 20.6. The van der Waals surface area contributed by atoms with Crippen molar-refractivity contribution in [1.82, 2.24) is 10.2 Å². The van der Waals surface area contributed by atoms with Crippen LogP contribution in [0.1, 0.15) is 42.5 Å². The van der Waals surface area contributed by atoms with Crippen molar-refractivity contribution in [3.63, 3.8) is 0 Å². The molecule has 6 atom stereocenters. The Kier molecular flexibility index (Phi) is 6.93. The van der Waals surface area contributed by atoms with Crippen LogP contribution in [-0.4, -0.2) is 69.0 Å². The van der Waals surface area contributed by atoms with Gasteiger partial charge in [-0.25, -0.2) is 21.6 Å². The maximum atomic E-state index is 13.7. The molecular weight excluding hydrogens is 505 g/mol. The van der Waals surface area contributed by atoms with Gasteiger partial charge in [0.25, 0.3) is 5.91 Å². The summed E-state index contributed by atoms with van der Waals surface area (Å²) in [7, 11) is -3.80. The van der Waals surface area contributed by atoms with Gasteiger partial charge in [0.15, 0.2) is 21.8 Å². The normalized spacial score (nSPS) is 33.8. The molecule has 0 radical (unpaired) electrons. The molecule has 4 unspecified atom stereocenters. The number of benzene rings is 1. The highest BCUT2D eigenvalue weighted by molar-refractivity contribution is 7.92. The smallest absolute Gasteiger partial charge is 0.251 e. The SMILES string of the molecule is O=C(NC1CC(F)=C(F)[C@@H](F)C1)c1ccc(Cl)c(S(=O)(=O)C2CC3C[C@@H](C2)C3N2CCOCC2)c1. The first kappa shape index (κ1) is 25.0. The number of carbonyl (C=O) groups excluding carboxylic acids is 1. The summed E-state index contributed by atoms with van der Waals surface area (Å²) in [4.78, 5) is 15.0. The lowest BCUT2D eigenvalue weighted by atomic mass is 9.60. The Morgan fingerprint density at radius 1 is 1.09 bits per heavy atom. The fraction of sp³-hybridized carbons (Fsp3) is 0.625. The van der Waals surface area contributed by atoms with Gasteiger partial charge in [0.05, 0.1) is 28.4 Å². The zero-order valence-electron chi connectivity index (χ0n) is 19.1. The van der Waals surface area contributed by atoms with Crippen LogP contribution in [0.4, 0.5) is 13.2 Å². The highest BCUT2D eigenvalue weighted by Crippen LogP contribution is 2.51. The first-order valence-corrected chi connectivity index (χ1v) is 13.9. The van der Waals surface area contributed by atoms with E-state index >= 15 is 0 Å². The summed E-state index contributed by atoms with van der Waals surface area (Å²) in [6.07, 6.45) is -0.846. The van der Waals surface area contributed by atoms with E-state index in [-0.39, 0.29) is 21.9 Å². The number of carbonyl (C=O) groups is 1. The summed E-state index contributed by atoms with van der Waals surface area (Å²) in [5, 5.41) is 1.93. The van der Waals surface area contributed by atoms with E-state index in [1.807, 2.05) is 0 Å². The standard InChI is InChI=1S/C24H28ClF3N2O4S/c25-18-2-1-13(24(31)29-16-11-19(26)22(28)20(27)12-16)10-21(18)35(32,33)17-8-14-7-15(9-17)23(14)30-3-5-34-6-4-30/h1-2,10,14-17,19,23H,3-9,11-12H2,(H,29,31)/t14-,15?,16?,17?,19-,23?/m0/s1. The molecule has 1 heterocycles. The molecule has 4 aliphatic carbocycles. The molecule has 6 nitrogen and oxygen atoms in total. The fourth-order valence-electron chi connectivity index (χ4n) is 6.17. The average molecular weight is 533 g/mol. The Labute approximate surface area is 207 Å². The number of nitrogens with zero attached hydrogens (tertiary/aromatic N) is 1. The van der Waals surface area contributed by atoms with Crippen molar-refractivity contribution in [2.24, 2.45) is 11.8 Å². The third-order valence-corrected chi connectivity index (χ3v) is 10.6. The minimum atomic E-state index is -3.80. The molecule has 1 aromatic rings. The van der Waals surface area contributed by atoms with Gasteiger partial charge in [-0.3, -0.25) is 9.69 Å². The van der Waals surface area contributed by atoms with Crippen LogP contribution >= 0.6 is 11.6 Å². The Bertz CT molecular complexity index is 1130. The van der Waals surface area contributed by atoms with E-state index in [2.05, 4.69) is 10.2 Å². The molecule has 1 amide bonds. The first-order chi connectivity index (χ1) is 16.6. The zero-order chi connectivity index (χ0) is 24.9. The van der Waals surface area contributed by atoms with Crippen LogP contribution in [0.25, 0.3) is 0 Å². The molecule has 11 heteroatoms. The molecule has 6 rings (SSSR count). The number of alkyl halides is 1. The number of fused-ring (bicyclic) bond motifs is 2. The monoisotopic (exact) mass is 532 g/mol. The summed E-state index contributed by atoms with van der Waals surface area (Å²) >= 11 is 6.27. The van der Waals surface area contributed by atoms with E-state index in [4.69, 9.17) is 16.3 Å². The minimum absolute atomic E-state index is 0.0194. The van der Waals surface area contributed by atoms with Crippen molar-refractivity contribution >= 4 is 27.3 Å². The Hall–Kier alpha value is -1.62. The molecule has 1 saturated heterocycles. The summed E-state index contributed by atoms with van der Waals surface area (Å²) in [5.41, 5.74) is 0.0194. The summed E-state index contributed by atoms with van der Waals surface area (Å²) in [5.74, 6) is -2.74. The van der Waals surface area contributed by atoms with Gasteiger partial charge in [-0.15, -0.1) is 0 Å². The van der Waals surface area contributed by atoms with Crippen molar-refractivity contribution in [1.29, 1.82) is 0 Å². The van der Waals surface area contributed by atoms with Gasteiger partial charge >= 0.3 is 0 Å². The number of hydrogen-bond acceptors (Lipinski definition) is 5. The lowest BCUT2D eigenvalue weighted by Gasteiger charge is -2.56. The number of allylic oxidation sites excluding steroid dienone is 1. The number of halogens is 4. The Morgan fingerprint density at radius 3 is 2.43 bits per heavy atom. The van der Waals surface area contributed by atoms with Crippen molar-refractivity contribution in [2.45, 2.75) is 60.5 Å². The van der Waals surface area contributed by atoms with Gasteiger partial charge in [0, 0.05) is 43.6 Å². The summed E-state index contributed by atoms with van der Waals surface area (Å²) < 4.78 is 73.1. The van der Waals surface area contributed by atoms with Gasteiger partial charge in [-0.2, -0.15) is 0 Å². The molecule has 192 valence electrons. The number of sulfone groups is 1. The van der Waals surface area contributed by atoms with E-state index in [9.17, 15) is 26.4 Å². The van der Waals surface area contributed by atoms with E-state index < -0.39 is 51.3 Å². The lowest BCUT2D eigenvalue weighted by Crippen LogP contribution is -2.61. The number of rotatable bonds is 5. The summed E-state index contributed by atoms with van der Waals surface area (Å²) in [6.45, 7) is 3.14. The maximum absolute atomic E-state index is 13.7. The Balaban J connectivity index is 1.29. The topological polar surface area (TPSA) is 75.7 Å². The molecule has 1 N–H and O–H groups in total. The molecule has 0 spiro atoms. The van der Waals surface area contributed by atoms with Crippen LogP contribution in [0.15, 0.2) is 34.7 Å². The molecule has 0 aromatic heterocycles. The van der Waals surface area contributed by atoms with Gasteiger partial charge in [0.1, 0.15) is 5.83 Å².